The molecule has 0 amide bonds. The number of nitrogens with two attached hydrogens (primary N) is 1. The third kappa shape index (κ3) is 1.84. The Morgan fingerprint density at radius 2 is 1.84 bits per heavy atom. The van der Waals surface area contributed by atoms with Gasteiger partial charge < -0.3 is 5.73 Å². The van der Waals surface area contributed by atoms with E-state index < -0.39 is 0 Å². The van der Waals surface area contributed by atoms with E-state index in [-0.39, 0.29) is 11.8 Å². The molecule has 1 aromatic heterocycles. The zero-order valence-corrected chi connectivity index (χ0v) is 11.2. The van der Waals surface area contributed by atoms with Gasteiger partial charge in [-0.2, -0.15) is 5.10 Å². The van der Waals surface area contributed by atoms with Crippen LogP contribution in [0.5, 0.6) is 0 Å². The highest BCUT2D eigenvalue weighted by molar-refractivity contribution is 5.84. The number of fused-ring (bicyclic) bond motifs is 1. The minimum Gasteiger partial charge on any atom is -0.396 e. The molecule has 1 aromatic carbocycles. The molecule has 3 rings (SSSR count). The number of hydrogen-bond acceptors (Lipinski definition) is 3. The maximum absolute atomic E-state index is 12.5. The fraction of sp³-hybridized carbons (Fsp3) is 0.333. The second-order valence-corrected chi connectivity index (χ2v) is 5.21. The molecule has 0 bridgehead atoms. The van der Waals surface area contributed by atoms with E-state index in [1.807, 2.05) is 26.0 Å². The summed E-state index contributed by atoms with van der Waals surface area (Å²) in [6.07, 6.45) is 1.60. The molecule has 0 fully saturated rings. The summed E-state index contributed by atoms with van der Waals surface area (Å²) in [4.78, 5) is 12.5. The van der Waals surface area contributed by atoms with Crippen molar-refractivity contribution in [2.75, 3.05) is 5.73 Å². The van der Waals surface area contributed by atoms with Crippen LogP contribution in [0.15, 0.2) is 24.3 Å². The molecule has 0 aliphatic heterocycles. The van der Waals surface area contributed by atoms with E-state index in [1.54, 1.807) is 0 Å². The summed E-state index contributed by atoms with van der Waals surface area (Å²) in [6.45, 7) is 3.67. The minimum absolute atomic E-state index is 0.0187. The highest BCUT2D eigenvalue weighted by Crippen LogP contribution is 2.28. The predicted octanol–water partition coefficient (Wildman–Crippen LogP) is 2.14. The summed E-state index contributed by atoms with van der Waals surface area (Å²) in [5.41, 5.74) is 10.5. The zero-order chi connectivity index (χ0) is 13.6. The second kappa shape index (κ2) is 4.23. The lowest BCUT2D eigenvalue weighted by Crippen LogP contribution is -2.24. The molecule has 1 aliphatic rings. The summed E-state index contributed by atoms with van der Waals surface area (Å²) in [5.74, 6) is 0.0308. The van der Waals surface area contributed by atoms with Gasteiger partial charge in [0, 0.05) is 5.92 Å². The van der Waals surface area contributed by atoms with E-state index in [4.69, 9.17) is 5.73 Å². The van der Waals surface area contributed by atoms with Gasteiger partial charge in [-0.3, -0.25) is 4.79 Å². The van der Waals surface area contributed by atoms with Gasteiger partial charge in [0.25, 0.3) is 5.91 Å². The molecule has 0 atom stereocenters. The van der Waals surface area contributed by atoms with Crippen LogP contribution in [0.4, 0.5) is 5.69 Å². The van der Waals surface area contributed by atoms with Gasteiger partial charge in [0.05, 0.1) is 17.1 Å². The maximum atomic E-state index is 12.5. The Hall–Kier alpha value is -2.10. The Kier molecular flexibility index (Phi) is 2.66. The van der Waals surface area contributed by atoms with Gasteiger partial charge in [-0.05, 0) is 37.8 Å². The largest absolute Gasteiger partial charge is 0.396 e. The third-order valence-electron chi connectivity index (χ3n) is 3.96. The van der Waals surface area contributed by atoms with Gasteiger partial charge in [0.2, 0.25) is 0 Å². The van der Waals surface area contributed by atoms with Crippen molar-refractivity contribution in [1.29, 1.82) is 0 Å². The number of nitrogen functional groups attached to an aromatic ring is 1. The van der Waals surface area contributed by atoms with E-state index in [2.05, 4.69) is 17.2 Å². The monoisotopic (exact) mass is 255 g/mol. The Balaban J connectivity index is 1.89. The maximum Gasteiger partial charge on any atom is 0.250 e. The molecule has 0 unspecified atom stereocenters. The molecule has 0 saturated carbocycles. The summed E-state index contributed by atoms with van der Waals surface area (Å²) >= 11 is 0. The first-order chi connectivity index (χ1) is 9.08. The predicted molar refractivity (Wildman–Crippen MR) is 74.1 cm³/mol. The topological polar surface area (TPSA) is 60.9 Å². The van der Waals surface area contributed by atoms with Gasteiger partial charge in [0.15, 0.2) is 0 Å². The van der Waals surface area contributed by atoms with Crippen molar-refractivity contribution in [3.63, 3.8) is 0 Å². The summed E-state index contributed by atoms with van der Waals surface area (Å²) in [5, 5.41) is 4.26. The Labute approximate surface area is 112 Å². The molecular weight excluding hydrogens is 238 g/mol. The Morgan fingerprint density at radius 1 is 1.26 bits per heavy atom. The van der Waals surface area contributed by atoms with Crippen LogP contribution in [-0.4, -0.2) is 15.7 Å². The van der Waals surface area contributed by atoms with Crippen LogP contribution in [0.2, 0.25) is 0 Å². The van der Waals surface area contributed by atoms with Crippen molar-refractivity contribution in [3.05, 3.63) is 46.8 Å². The van der Waals surface area contributed by atoms with Crippen LogP contribution >= 0.6 is 0 Å². The zero-order valence-electron chi connectivity index (χ0n) is 11.2. The molecule has 0 spiro atoms. The van der Waals surface area contributed by atoms with E-state index in [1.165, 1.54) is 15.8 Å². The normalized spacial score (nSPS) is 14.6. The van der Waals surface area contributed by atoms with Crippen LogP contribution in [0.1, 0.15) is 27.3 Å². The lowest BCUT2D eigenvalue weighted by Gasteiger charge is -2.09. The van der Waals surface area contributed by atoms with Gasteiger partial charge >= 0.3 is 0 Å². The Bertz CT molecular complexity index is 632. The van der Waals surface area contributed by atoms with Crippen LogP contribution in [0, 0.1) is 19.8 Å². The SMILES string of the molecule is Cc1nn(C(=O)C2Cc3ccccc3C2)c(C)c1N. The lowest BCUT2D eigenvalue weighted by atomic mass is 10.1. The smallest absolute Gasteiger partial charge is 0.250 e. The Morgan fingerprint density at radius 3 is 2.32 bits per heavy atom. The first-order valence-corrected chi connectivity index (χ1v) is 6.50. The van der Waals surface area contributed by atoms with Gasteiger partial charge in [-0.15, -0.1) is 0 Å². The van der Waals surface area contributed by atoms with Crippen molar-refractivity contribution >= 4 is 11.6 Å². The van der Waals surface area contributed by atoms with Crippen LogP contribution < -0.4 is 5.73 Å². The van der Waals surface area contributed by atoms with Crippen LogP contribution in [0.3, 0.4) is 0 Å². The molecule has 0 radical (unpaired) electrons. The summed E-state index contributed by atoms with van der Waals surface area (Å²) in [6, 6.07) is 8.23. The lowest BCUT2D eigenvalue weighted by molar-refractivity contribution is 0.0819. The molecule has 1 heterocycles. The first kappa shape index (κ1) is 12.0. The standard InChI is InChI=1S/C15H17N3O/c1-9-14(16)10(2)18(17-9)15(19)13-7-11-5-3-4-6-12(11)8-13/h3-6,13H,7-8,16H2,1-2H3. The van der Waals surface area contributed by atoms with Gasteiger partial charge in [0.1, 0.15) is 0 Å². The molecule has 4 heteroatoms. The quantitative estimate of drug-likeness (QED) is 0.849. The number of nitrogens with zero attached hydrogens (tertiary/aromatic N) is 2. The fourth-order valence-electron chi connectivity index (χ4n) is 2.78. The third-order valence-corrected chi connectivity index (χ3v) is 3.96. The molecule has 2 N–H and O–H groups in total. The van der Waals surface area contributed by atoms with Gasteiger partial charge in [-0.1, -0.05) is 24.3 Å². The molecule has 2 aromatic rings. The summed E-state index contributed by atoms with van der Waals surface area (Å²) < 4.78 is 1.47. The molecular formula is C15H17N3O. The average molecular weight is 255 g/mol. The number of rotatable bonds is 1. The van der Waals surface area contributed by atoms with Crippen molar-refractivity contribution in [2.45, 2.75) is 26.7 Å². The van der Waals surface area contributed by atoms with E-state index in [9.17, 15) is 4.79 Å². The highest BCUT2D eigenvalue weighted by atomic mass is 16.2. The van der Waals surface area contributed by atoms with Crippen molar-refractivity contribution < 1.29 is 4.79 Å². The van der Waals surface area contributed by atoms with Gasteiger partial charge in [-0.25, -0.2) is 4.68 Å². The number of carbonyl (C=O) groups excluding carboxylic acids is 1. The number of hydrogen-bond donors (Lipinski definition) is 1. The fourth-order valence-corrected chi connectivity index (χ4v) is 2.78. The van der Waals surface area contributed by atoms with E-state index >= 15 is 0 Å². The van der Waals surface area contributed by atoms with Crippen LogP contribution in [0.25, 0.3) is 0 Å². The van der Waals surface area contributed by atoms with Crippen molar-refractivity contribution in [3.8, 4) is 0 Å². The number of aryl methyl sites for hydroxylation is 1. The molecule has 19 heavy (non-hydrogen) atoms. The molecule has 98 valence electrons. The average Bonchev–Trinajstić information content (AvgIpc) is 2.95. The number of carbonyl (C=O) groups is 1. The van der Waals surface area contributed by atoms with Crippen molar-refractivity contribution in [2.24, 2.45) is 5.92 Å². The highest BCUT2D eigenvalue weighted by Gasteiger charge is 2.29. The van der Waals surface area contributed by atoms with E-state index in [0.717, 1.165) is 24.2 Å². The molecule has 4 nitrogen and oxygen atoms in total. The van der Waals surface area contributed by atoms with E-state index in [0.29, 0.717) is 5.69 Å². The first-order valence-electron chi connectivity index (χ1n) is 6.50. The summed E-state index contributed by atoms with van der Waals surface area (Å²) in [7, 11) is 0. The van der Waals surface area contributed by atoms with Crippen LogP contribution in [-0.2, 0) is 12.8 Å². The minimum atomic E-state index is -0.0187. The molecule has 0 saturated heterocycles. The number of anilines is 1. The molecule has 1 aliphatic carbocycles. The number of aromatic nitrogens is 2. The number of benzene rings is 1. The second-order valence-electron chi connectivity index (χ2n) is 5.21. The van der Waals surface area contributed by atoms with Crippen molar-refractivity contribution in [1.82, 2.24) is 9.78 Å².